The lowest BCUT2D eigenvalue weighted by molar-refractivity contribution is 0.0740. The number of pyridine rings is 1. The Labute approximate surface area is 129 Å². The zero-order chi connectivity index (χ0) is 14.9. The second-order valence-corrected chi connectivity index (χ2v) is 6.61. The van der Waals surface area contributed by atoms with Gasteiger partial charge in [-0.2, -0.15) is 4.37 Å². The van der Waals surface area contributed by atoms with E-state index in [0.29, 0.717) is 5.82 Å². The van der Waals surface area contributed by atoms with E-state index in [1.54, 1.807) is 12.4 Å². The molecule has 3 N–H and O–H groups in total. The molecule has 2 heterocycles. The summed E-state index contributed by atoms with van der Waals surface area (Å²) in [6.07, 6.45) is 7.35. The minimum Gasteiger partial charge on any atom is -0.382 e. The third-order valence-corrected chi connectivity index (χ3v) is 5.32. The highest BCUT2D eigenvalue weighted by Gasteiger charge is 2.39. The van der Waals surface area contributed by atoms with Crippen molar-refractivity contribution in [3.63, 3.8) is 0 Å². The van der Waals surface area contributed by atoms with Gasteiger partial charge in [-0.1, -0.05) is 0 Å². The predicted octanol–water partition coefficient (Wildman–Crippen LogP) is 2.68. The fraction of sp³-hybridized carbons (Fsp3) is 0.467. The molecule has 112 valence electrons. The standard InChI is InChI=1S/C15H21N5S/c1-20(2)15(6-3-7-15)10-18-14-12(13(16)19-21-14)11-4-8-17-9-5-11/h4-5,8-9,18H,3,6-7,10H2,1-2H3,(H2,16,19). The first-order valence-electron chi connectivity index (χ1n) is 7.19. The van der Waals surface area contributed by atoms with E-state index in [-0.39, 0.29) is 5.54 Å². The second kappa shape index (κ2) is 5.61. The normalized spacial score (nSPS) is 16.7. The SMILES string of the molecule is CN(C)C1(CNc2snc(N)c2-c2ccncc2)CCC1. The van der Waals surface area contributed by atoms with Gasteiger partial charge in [-0.25, -0.2) is 0 Å². The van der Waals surface area contributed by atoms with Gasteiger partial charge in [0.1, 0.15) is 10.8 Å². The molecule has 1 aliphatic carbocycles. The van der Waals surface area contributed by atoms with Crippen LogP contribution in [-0.4, -0.2) is 40.4 Å². The summed E-state index contributed by atoms with van der Waals surface area (Å²) in [6, 6.07) is 3.94. The summed E-state index contributed by atoms with van der Waals surface area (Å²) in [5, 5.41) is 4.62. The van der Waals surface area contributed by atoms with E-state index in [0.717, 1.165) is 22.7 Å². The fourth-order valence-electron chi connectivity index (χ4n) is 2.83. The summed E-state index contributed by atoms with van der Waals surface area (Å²) in [7, 11) is 4.32. The first kappa shape index (κ1) is 14.3. The lowest BCUT2D eigenvalue weighted by Crippen LogP contribution is -2.54. The van der Waals surface area contributed by atoms with Crippen LogP contribution in [-0.2, 0) is 0 Å². The molecule has 1 saturated carbocycles. The number of hydrogen-bond donors (Lipinski definition) is 2. The first-order valence-corrected chi connectivity index (χ1v) is 7.97. The summed E-state index contributed by atoms with van der Waals surface area (Å²) in [6.45, 7) is 0.930. The van der Waals surface area contributed by atoms with Gasteiger partial charge < -0.3 is 16.0 Å². The van der Waals surface area contributed by atoms with E-state index < -0.39 is 0 Å². The van der Waals surface area contributed by atoms with Crippen molar-refractivity contribution in [2.24, 2.45) is 0 Å². The predicted molar refractivity (Wildman–Crippen MR) is 88.5 cm³/mol. The van der Waals surface area contributed by atoms with Gasteiger partial charge in [0, 0.05) is 24.5 Å². The number of aromatic nitrogens is 2. The highest BCUT2D eigenvalue weighted by Crippen LogP contribution is 2.40. The molecular weight excluding hydrogens is 282 g/mol. The van der Waals surface area contributed by atoms with Crippen molar-refractivity contribution >= 4 is 22.4 Å². The number of rotatable bonds is 5. The molecule has 0 amide bonds. The molecule has 0 bridgehead atoms. The maximum atomic E-state index is 6.05. The average Bonchev–Trinajstić information content (AvgIpc) is 2.79. The Morgan fingerprint density at radius 2 is 2.05 bits per heavy atom. The zero-order valence-electron chi connectivity index (χ0n) is 12.5. The number of nitrogens with two attached hydrogens (primary N) is 1. The number of anilines is 2. The highest BCUT2D eigenvalue weighted by atomic mass is 32.1. The maximum absolute atomic E-state index is 6.05. The molecule has 5 nitrogen and oxygen atoms in total. The quantitative estimate of drug-likeness (QED) is 0.889. The summed E-state index contributed by atoms with van der Waals surface area (Å²) in [5.41, 5.74) is 8.38. The van der Waals surface area contributed by atoms with Gasteiger partial charge in [0.05, 0.1) is 5.56 Å². The van der Waals surface area contributed by atoms with E-state index in [9.17, 15) is 0 Å². The average molecular weight is 303 g/mol. The monoisotopic (exact) mass is 303 g/mol. The Hall–Kier alpha value is -1.66. The van der Waals surface area contributed by atoms with Gasteiger partial charge in [0.2, 0.25) is 0 Å². The Balaban J connectivity index is 1.81. The van der Waals surface area contributed by atoms with Crippen molar-refractivity contribution in [2.75, 3.05) is 31.7 Å². The van der Waals surface area contributed by atoms with Gasteiger partial charge in [0.25, 0.3) is 0 Å². The van der Waals surface area contributed by atoms with Gasteiger partial charge in [0.15, 0.2) is 0 Å². The summed E-state index contributed by atoms with van der Waals surface area (Å²) in [4.78, 5) is 6.39. The fourth-order valence-corrected chi connectivity index (χ4v) is 3.56. The van der Waals surface area contributed by atoms with Crippen LogP contribution in [0.1, 0.15) is 19.3 Å². The van der Waals surface area contributed by atoms with E-state index >= 15 is 0 Å². The molecule has 0 aromatic carbocycles. The molecule has 0 saturated heterocycles. The topological polar surface area (TPSA) is 67.1 Å². The van der Waals surface area contributed by atoms with Gasteiger partial charge in [-0.15, -0.1) is 0 Å². The van der Waals surface area contributed by atoms with Gasteiger partial charge in [-0.3, -0.25) is 4.98 Å². The van der Waals surface area contributed by atoms with E-state index in [1.807, 2.05) is 12.1 Å². The minimum atomic E-state index is 0.272. The molecule has 6 heteroatoms. The molecule has 3 rings (SSSR count). The highest BCUT2D eigenvalue weighted by molar-refractivity contribution is 7.11. The number of likely N-dealkylation sites (N-methyl/N-ethyl adjacent to an activating group) is 1. The number of nitrogen functional groups attached to an aromatic ring is 1. The molecule has 2 aromatic rings. The molecular formula is C15H21N5S. The molecule has 21 heavy (non-hydrogen) atoms. The third-order valence-electron chi connectivity index (χ3n) is 4.50. The van der Waals surface area contributed by atoms with Gasteiger partial charge in [-0.05, 0) is 62.6 Å². The van der Waals surface area contributed by atoms with Crippen molar-refractivity contribution < 1.29 is 0 Å². The van der Waals surface area contributed by atoms with Crippen molar-refractivity contribution in [1.82, 2.24) is 14.3 Å². The van der Waals surface area contributed by atoms with E-state index in [1.165, 1.54) is 30.8 Å². The maximum Gasteiger partial charge on any atom is 0.147 e. The summed E-state index contributed by atoms with van der Waals surface area (Å²) < 4.78 is 4.31. The Morgan fingerprint density at radius 1 is 1.33 bits per heavy atom. The summed E-state index contributed by atoms with van der Waals surface area (Å²) in [5.74, 6) is 0.584. The van der Waals surface area contributed by atoms with Crippen LogP contribution >= 0.6 is 11.5 Å². The number of hydrogen-bond acceptors (Lipinski definition) is 6. The first-order chi connectivity index (χ1) is 10.1. The Kier molecular flexibility index (Phi) is 3.82. The lowest BCUT2D eigenvalue weighted by Gasteiger charge is -2.47. The van der Waals surface area contributed by atoms with Crippen LogP contribution in [0.5, 0.6) is 0 Å². The van der Waals surface area contributed by atoms with E-state index in [2.05, 4.69) is 33.7 Å². The molecule has 0 unspecified atom stereocenters. The van der Waals surface area contributed by atoms with Gasteiger partial charge >= 0.3 is 0 Å². The molecule has 1 aliphatic rings. The molecule has 0 spiro atoms. The Morgan fingerprint density at radius 3 is 2.62 bits per heavy atom. The van der Waals surface area contributed by atoms with Crippen LogP contribution in [0, 0.1) is 0 Å². The smallest absolute Gasteiger partial charge is 0.147 e. The van der Waals surface area contributed by atoms with Crippen molar-refractivity contribution in [3.8, 4) is 11.1 Å². The minimum absolute atomic E-state index is 0.272. The lowest BCUT2D eigenvalue weighted by atomic mass is 9.75. The molecule has 0 atom stereocenters. The second-order valence-electron chi connectivity index (χ2n) is 5.83. The van der Waals surface area contributed by atoms with Crippen LogP contribution in [0.25, 0.3) is 11.1 Å². The molecule has 2 aromatic heterocycles. The third kappa shape index (κ3) is 2.61. The van der Waals surface area contributed by atoms with Crippen LogP contribution in [0.2, 0.25) is 0 Å². The molecule has 1 fully saturated rings. The van der Waals surface area contributed by atoms with Crippen LogP contribution in [0.3, 0.4) is 0 Å². The summed E-state index contributed by atoms with van der Waals surface area (Å²) >= 11 is 1.43. The van der Waals surface area contributed by atoms with Crippen LogP contribution in [0.15, 0.2) is 24.5 Å². The van der Waals surface area contributed by atoms with Crippen LogP contribution in [0.4, 0.5) is 10.8 Å². The molecule has 0 aliphatic heterocycles. The number of nitrogens with one attached hydrogen (secondary N) is 1. The van der Waals surface area contributed by atoms with Crippen molar-refractivity contribution in [3.05, 3.63) is 24.5 Å². The molecule has 0 radical (unpaired) electrons. The zero-order valence-corrected chi connectivity index (χ0v) is 13.3. The Bertz CT molecular complexity index is 604. The van der Waals surface area contributed by atoms with Crippen molar-refractivity contribution in [2.45, 2.75) is 24.8 Å². The van der Waals surface area contributed by atoms with Crippen LogP contribution < -0.4 is 11.1 Å². The largest absolute Gasteiger partial charge is 0.382 e. The van der Waals surface area contributed by atoms with Crippen molar-refractivity contribution in [1.29, 1.82) is 0 Å². The number of nitrogens with zero attached hydrogens (tertiary/aromatic N) is 3. The van der Waals surface area contributed by atoms with E-state index in [4.69, 9.17) is 5.73 Å².